The average molecular weight is 390 g/mol. The van der Waals surface area contributed by atoms with Crippen LogP contribution < -0.4 is 5.56 Å². The number of fused-ring (bicyclic) bond motifs is 1. The molecule has 0 spiro atoms. The second-order valence-electron chi connectivity index (χ2n) is 6.43. The van der Waals surface area contributed by atoms with E-state index in [0.717, 1.165) is 44.8 Å². The highest BCUT2D eigenvalue weighted by atomic mass is 16.6. The lowest BCUT2D eigenvalue weighted by Crippen LogP contribution is -2.16. The van der Waals surface area contributed by atoms with Crippen molar-refractivity contribution in [1.82, 2.24) is 19.7 Å². The van der Waals surface area contributed by atoms with E-state index in [4.69, 9.17) is 4.74 Å². The summed E-state index contributed by atoms with van der Waals surface area (Å²) in [7, 11) is 0. The first-order chi connectivity index (χ1) is 13.5. The van der Waals surface area contributed by atoms with Crippen LogP contribution in [0.3, 0.4) is 0 Å². The number of ether oxygens (including phenoxy) is 2. The Kier molecular flexibility index (Phi) is 8.38. The number of H-pyrrole nitrogens is 1. The summed E-state index contributed by atoms with van der Waals surface area (Å²) in [4.78, 5) is 41.4. The van der Waals surface area contributed by atoms with E-state index in [9.17, 15) is 14.4 Å². The molecule has 2 aromatic rings. The molecule has 0 bridgehead atoms. The average Bonchev–Trinajstić information content (AvgIpc) is 3.09. The lowest BCUT2D eigenvalue weighted by molar-refractivity contribution is -0.153. The van der Waals surface area contributed by atoms with Crippen molar-refractivity contribution in [2.24, 2.45) is 0 Å². The van der Waals surface area contributed by atoms with Crippen LogP contribution in [0.25, 0.3) is 11.0 Å². The monoisotopic (exact) mass is 390 g/mol. The molecule has 2 heterocycles. The van der Waals surface area contributed by atoms with Gasteiger partial charge in [0.25, 0.3) is 5.56 Å². The highest BCUT2D eigenvalue weighted by molar-refractivity contribution is 5.73. The van der Waals surface area contributed by atoms with Gasteiger partial charge in [-0.1, -0.05) is 32.3 Å². The third-order valence-corrected chi connectivity index (χ3v) is 4.27. The molecular formula is C19H26N4O5. The van der Waals surface area contributed by atoms with Crippen molar-refractivity contribution in [2.75, 3.05) is 0 Å². The molecule has 2 rings (SSSR count). The highest BCUT2D eigenvalue weighted by Crippen LogP contribution is 2.15. The molecule has 0 aliphatic heterocycles. The number of nitrogens with one attached hydrogen (secondary N) is 1. The molecular weight excluding hydrogens is 364 g/mol. The molecule has 1 atom stereocenters. The molecule has 28 heavy (non-hydrogen) atoms. The number of unbranched alkanes of at least 4 members (excludes halogenated alkanes) is 5. The Morgan fingerprint density at radius 3 is 2.50 bits per heavy atom. The van der Waals surface area contributed by atoms with Crippen molar-refractivity contribution < 1.29 is 19.1 Å². The summed E-state index contributed by atoms with van der Waals surface area (Å²) in [6.07, 6.45) is 9.33. The Labute approximate surface area is 162 Å². The lowest BCUT2D eigenvalue weighted by atomic mass is 10.1. The fourth-order valence-corrected chi connectivity index (χ4v) is 2.84. The van der Waals surface area contributed by atoms with Gasteiger partial charge in [0.2, 0.25) is 0 Å². The number of hydrogen-bond acceptors (Lipinski definition) is 7. The van der Waals surface area contributed by atoms with Gasteiger partial charge in [0.05, 0.1) is 18.8 Å². The van der Waals surface area contributed by atoms with E-state index in [0.29, 0.717) is 23.9 Å². The van der Waals surface area contributed by atoms with Crippen molar-refractivity contribution >= 4 is 23.0 Å². The van der Waals surface area contributed by atoms with E-state index in [-0.39, 0.29) is 17.5 Å². The van der Waals surface area contributed by atoms with E-state index in [1.54, 1.807) is 6.92 Å². The Morgan fingerprint density at radius 1 is 1.18 bits per heavy atom. The van der Waals surface area contributed by atoms with Crippen LogP contribution in [-0.4, -0.2) is 31.7 Å². The Balaban J connectivity index is 1.62. The molecule has 1 N–H and O–H groups in total. The molecule has 0 radical (unpaired) electrons. The first-order valence-electron chi connectivity index (χ1n) is 9.43. The van der Waals surface area contributed by atoms with Crippen LogP contribution >= 0.6 is 0 Å². The minimum atomic E-state index is -0.644. The van der Waals surface area contributed by atoms with E-state index in [1.807, 2.05) is 0 Å². The van der Waals surface area contributed by atoms with Crippen LogP contribution in [0, 0.1) is 0 Å². The van der Waals surface area contributed by atoms with Gasteiger partial charge in [-0.25, -0.2) is 9.67 Å². The van der Waals surface area contributed by atoms with Gasteiger partial charge in [-0.3, -0.25) is 14.4 Å². The summed E-state index contributed by atoms with van der Waals surface area (Å²) in [5, 5.41) is 4.44. The van der Waals surface area contributed by atoms with Crippen LogP contribution in [-0.2, 0) is 19.1 Å². The van der Waals surface area contributed by atoms with Gasteiger partial charge in [-0.2, -0.15) is 5.10 Å². The second-order valence-corrected chi connectivity index (χ2v) is 6.43. The Bertz CT molecular complexity index is 857. The predicted octanol–water partition coefficient (Wildman–Crippen LogP) is 2.99. The van der Waals surface area contributed by atoms with Gasteiger partial charge >= 0.3 is 11.9 Å². The van der Waals surface area contributed by atoms with Crippen molar-refractivity contribution in [2.45, 2.75) is 64.5 Å². The van der Waals surface area contributed by atoms with Crippen LogP contribution in [0.4, 0.5) is 0 Å². The molecule has 0 aromatic carbocycles. The first-order valence-corrected chi connectivity index (χ1v) is 9.43. The summed E-state index contributed by atoms with van der Waals surface area (Å²) in [6, 6.07) is 0. The summed E-state index contributed by atoms with van der Waals surface area (Å²) in [5.41, 5.74) is 0.0911. The number of rotatable bonds is 12. The summed E-state index contributed by atoms with van der Waals surface area (Å²) >= 11 is 0. The standard InChI is InChI=1S/C19H26N4O5/c1-3-27-16(24)10-8-6-4-5-7-9-11-17(25)28-14(2)23-18-15(12-22-23)19(26)21-13-20-18/h3,12-14H,1,4-11H2,2H3,(H,20,21,26). The fourth-order valence-electron chi connectivity index (χ4n) is 2.84. The Morgan fingerprint density at radius 2 is 1.82 bits per heavy atom. The normalized spacial score (nSPS) is 11.9. The lowest BCUT2D eigenvalue weighted by Gasteiger charge is -2.14. The number of hydrogen-bond donors (Lipinski definition) is 1. The van der Waals surface area contributed by atoms with Gasteiger partial charge in [0, 0.05) is 12.8 Å². The number of aromatic amines is 1. The van der Waals surface area contributed by atoms with Gasteiger partial charge in [0.1, 0.15) is 5.39 Å². The molecule has 0 aliphatic rings. The van der Waals surface area contributed by atoms with Crippen LogP contribution in [0.2, 0.25) is 0 Å². The second kappa shape index (κ2) is 11.0. The molecule has 9 nitrogen and oxygen atoms in total. The predicted molar refractivity (Wildman–Crippen MR) is 102 cm³/mol. The van der Waals surface area contributed by atoms with Crippen molar-refractivity contribution in [3.05, 3.63) is 35.7 Å². The number of nitrogens with zero attached hydrogens (tertiary/aromatic N) is 3. The van der Waals surface area contributed by atoms with Gasteiger partial charge in [0.15, 0.2) is 11.9 Å². The van der Waals surface area contributed by atoms with E-state index in [1.165, 1.54) is 17.2 Å². The van der Waals surface area contributed by atoms with Crippen LogP contribution in [0.15, 0.2) is 30.2 Å². The molecule has 9 heteroatoms. The zero-order valence-corrected chi connectivity index (χ0v) is 16.1. The summed E-state index contributed by atoms with van der Waals surface area (Å²) in [6.45, 7) is 5.02. The van der Waals surface area contributed by atoms with Crippen molar-refractivity contribution in [3.8, 4) is 0 Å². The fraction of sp³-hybridized carbons (Fsp3) is 0.526. The zero-order chi connectivity index (χ0) is 20.4. The molecule has 0 aliphatic carbocycles. The third-order valence-electron chi connectivity index (χ3n) is 4.27. The van der Waals surface area contributed by atoms with E-state index < -0.39 is 6.23 Å². The molecule has 0 saturated heterocycles. The largest absolute Gasteiger partial charge is 0.440 e. The quantitative estimate of drug-likeness (QED) is 0.336. The number of aromatic nitrogens is 4. The number of carbonyl (C=O) groups excluding carboxylic acids is 2. The molecule has 0 saturated carbocycles. The van der Waals surface area contributed by atoms with Gasteiger partial charge < -0.3 is 14.5 Å². The van der Waals surface area contributed by atoms with Crippen LogP contribution in [0.5, 0.6) is 0 Å². The maximum absolute atomic E-state index is 12.0. The van der Waals surface area contributed by atoms with Gasteiger partial charge in [-0.15, -0.1) is 0 Å². The van der Waals surface area contributed by atoms with Gasteiger partial charge in [-0.05, 0) is 19.8 Å². The van der Waals surface area contributed by atoms with E-state index >= 15 is 0 Å². The highest BCUT2D eigenvalue weighted by Gasteiger charge is 2.16. The zero-order valence-electron chi connectivity index (χ0n) is 16.1. The smallest absolute Gasteiger partial charge is 0.310 e. The summed E-state index contributed by atoms with van der Waals surface area (Å²) in [5.74, 6) is -0.565. The maximum Gasteiger partial charge on any atom is 0.310 e. The number of esters is 2. The molecule has 0 amide bonds. The molecule has 2 aromatic heterocycles. The maximum atomic E-state index is 12.0. The third kappa shape index (κ3) is 6.33. The molecule has 1 unspecified atom stereocenters. The minimum Gasteiger partial charge on any atom is -0.440 e. The number of carbonyl (C=O) groups is 2. The van der Waals surface area contributed by atoms with Crippen LogP contribution in [0.1, 0.15) is 64.5 Å². The molecule has 0 fully saturated rings. The molecule has 152 valence electrons. The topological polar surface area (TPSA) is 116 Å². The van der Waals surface area contributed by atoms with Crippen molar-refractivity contribution in [3.63, 3.8) is 0 Å². The van der Waals surface area contributed by atoms with E-state index in [2.05, 4.69) is 26.4 Å². The van der Waals surface area contributed by atoms with Crippen molar-refractivity contribution in [1.29, 1.82) is 0 Å². The SMILES string of the molecule is C=COC(=O)CCCCCCCCC(=O)OC(C)n1ncc2c(=O)[nH]cnc21. The minimum absolute atomic E-state index is 0.253. The Hall–Kier alpha value is -2.97. The first kappa shape index (κ1) is 21.3. The summed E-state index contributed by atoms with van der Waals surface area (Å²) < 4.78 is 11.5.